The summed E-state index contributed by atoms with van der Waals surface area (Å²) < 4.78 is 5.26. The van der Waals surface area contributed by atoms with E-state index < -0.39 is 0 Å². The van der Waals surface area contributed by atoms with E-state index in [0.29, 0.717) is 24.8 Å². The van der Waals surface area contributed by atoms with Gasteiger partial charge in [-0.05, 0) is 35.4 Å². The molecule has 1 saturated heterocycles. The average molecular weight is 355 g/mol. The fraction of sp³-hybridized carbons (Fsp3) is 0.250. The summed E-state index contributed by atoms with van der Waals surface area (Å²) in [5, 5.41) is 14.7. The van der Waals surface area contributed by atoms with Crippen LogP contribution in [0.4, 0.5) is 5.82 Å². The zero-order chi connectivity index (χ0) is 17.3. The van der Waals surface area contributed by atoms with Gasteiger partial charge in [0, 0.05) is 17.0 Å². The number of benzene rings is 2. The van der Waals surface area contributed by atoms with Gasteiger partial charge in [0.2, 0.25) is 0 Å². The van der Waals surface area contributed by atoms with Crippen LogP contribution >= 0.6 is 11.6 Å². The number of aliphatic hydroxyl groups is 1. The Kier molecular flexibility index (Phi) is 4.34. The normalized spacial score (nSPS) is 15.8. The van der Waals surface area contributed by atoms with Crippen molar-refractivity contribution in [3.05, 3.63) is 59.6 Å². The molecule has 0 saturated carbocycles. The number of nitrogens with zero attached hydrogens (tertiary/aromatic N) is 1. The first-order chi connectivity index (χ1) is 12.2. The lowest BCUT2D eigenvalue weighted by molar-refractivity contribution is -0.128. The van der Waals surface area contributed by atoms with Gasteiger partial charge >= 0.3 is 0 Å². The number of pyridine rings is 1. The Morgan fingerprint density at radius 1 is 1.12 bits per heavy atom. The summed E-state index contributed by atoms with van der Waals surface area (Å²) >= 11 is 6.20. The number of anilines is 1. The van der Waals surface area contributed by atoms with Crippen LogP contribution in [0.2, 0.25) is 5.02 Å². The molecule has 128 valence electrons. The minimum Gasteiger partial charge on any atom is -0.396 e. The monoisotopic (exact) mass is 354 g/mol. The molecule has 1 aromatic heterocycles. The molecule has 2 N–H and O–H groups in total. The van der Waals surface area contributed by atoms with E-state index in [2.05, 4.69) is 17.4 Å². The van der Waals surface area contributed by atoms with Crippen molar-refractivity contribution in [3.8, 4) is 11.1 Å². The van der Waals surface area contributed by atoms with Crippen LogP contribution in [0.3, 0.4) is 0 Å². The summed E-state index contributed by atoms with van der Waals surface area (Å²) in [5.74, 6) is 0.786. The van der Waals surface area contributed by atoms with E-state index in [9.17, 15) is 5.11 Å². The van der Waals surface area contributed by atoms with E-state index in [-0.39, 0.29) is 12.0 Å². The molecule has 5 heteroatoms. The molecule has 0 radical (unpaired) electrons. The van der Waals surface area contributed by atoms with Crippen molar-refractivity contribution in [2.75, 3.05) is 31.7 Å². The summed E-state index contributed by atoms with van der Waals surface area (Å²) in [6, 6.07) is 18.0. The molecular weight excluding hydrogens is 336 g/mol. The van der Waals surface area contributed by atoms with E-state index in [1.165, 1.54) is 0 Å². The molecule has 1 fully saturated rings. The summed E-state index contributed by atoms with van der Waals surface area (Å²) in [4.78, 5) is 4.71. The molecule has 25 heavy (non-hydrogen) atoms. The summed E-state index contributed by atoms with van der Waals surface area (Å²) in [6.45, 7) is 1.88. The lowest BCUT2D eigenvalue weighted by Gasteiger charge is -2.40. The average Bonchev–Trinajstić information content (AvgIpc) is 2.61. The lowest BCUT2D eigenvalue weighted by Crippen LogP contribution is -2.50. The molecule has 4 rings (SSSR count). The largest absolute Gasteiger partial charge is 0.396 e. The molecule has 2 heterocycles. The second-order valence-corrected chi connectivity index (χ2v) is 7.02. The van der Waals surface area contributed by atoms with Crippen molar-refractivity contribution in [3.63, 3.8) is 0 Å². The number of rotatable bonds is 5. The van der Waals surface area contributed by atoms with Crippen molar-refractivity contribution >= 4 is 28.3 Å². The molecule has 0 unspecified atom stereocenters. The maximum Gasteiger partial charge on any atom is 0.127 e. The van der Waals surface area contributed by atoms with Gasteiger partial charge in [0.05, 0.1) is 30.8 Å². The second-order valence-electron chi connectivity index (χ2n) is 6.59. The van der Waals surface area contributed by atoms with Crippen LogP contribution in [0.15, 0.2) is 54.6 Å². The molecule has 1 aliphatic rings. The van der Waals surface area contributed by atoms with Gasteiger partial charge in [0.25, 0.3) is 0 Å². The van der Waals surface area contributed by atoms with Gasteiger partial charge in [0.1, 0.15) is 5.82 Å². The number of halogens is 1. The summed E-state index contributed by atoms with van der Waals surface area (Å²) in [5.41, 5.74) is 2.88. The van der Waals surface area contributed by atoms with E-state index in [1.54, 1.807) is 0 Å². The Hall–Kier alpha value is -2.14. The molecule has 0 spiro atoms. The van der Waals surface area contributed by atoms with Crippen LogP contribution in [-0.2, 0) is 4.74 Å². The molecule has 0 bridgehead atoms. The first-order valence-electron chi connectivity index (χ1n) is 8.27. The van der Waals surface area contributed by atoms with Crippen LogP contribution in [0.5, 0.6) is 0 Å². The van der Waals surface area contributed by atoms with E-state index in [4.69, 9.17) is 21.3 Å². The minimum atomic E-state index is -0.205. The summed E-state index contributed by atoms with van der Waals surface area (Å²) in [6.07, 6.45) is 0. The van der Waals surface area contributed by atoms with E-state index in [1.807, 2.05) is 42.5 Å². The molecule has 4 nitrogen and oxygen atoms in total. The molecule has 0 atom stereocenters. The fourth-order valence-corrected chi connectivity index (χ4v) is 3.24. The van der Waals surface area contributed by atoms with Crippen molar-refractivity contribution in [1.82, 2.24) is 4.98 Å². The number of nitrogens with one attached hydrogen (secondary N) is 1. The zero-order valence-electron chi connectivity index (χ0n) is 13.7. The first-order valence-corrected chi connectivity index (χ1v) is 8.65. The van der Waals surface area contributed by atoms with Crippen LogP contribution in [0.25, 0.3) is 22.0 Å². The minimum absolute atomic E-state index is 0.106. The highest BCUT2D eigenvalue weighted by molar-refractivity contribution is 6.31. The van der Waals surface area contributed by atoms with Gasteiger partial charge in [-0.25, -0.2) is 4.98 Å². The second kappa shape index (κ2) is 6.64. The number of hydrogen-bond donors (Lipinski definition) is 2. The first kappa shape index (κ1) is 16.3. The Bertz CT molecular complexity index is 889. The van der Waals surface area contributed by atoms with E-state index >= 15 is 0 Å². The van der Waals surface area contributed by atoms with Crippen LogP contribution in [0, 0.1) is 5.41 Å². The Balaban J connectivity index is 1.74. The Labute approximate surface area is 151 Å². The zero-order valence-corrected chi connectivity index (χ0v) is 14.5. The van der Waals surface area contributed by atoms with Crippen molar-refractivity contribution < 1.29 is 9.84 Å². The predicted octanol–water partition coefficient (Wildman–Crippen LogP) is 3.98. The van der Waals surface area contributed by atoms with Crippen LogP contribution in [0.1, 0.15) is 0 Å². The molecule has 2 aromatic carbocycles. The number of ether oxygens (including phenoxy) is 1. The van der Waals surface area contributed by atoms with Gasteiger partial charge in [-0.1, -0.05) is 41.9 Å². The van der Waals surface area contributed by atoms with Crippen molar-refractivity contribution in [2.45, 2.75) is 0 Å². The fourth-order valence-electron chi connectivity index (χ4n) is 3.06. The number of aliphatic hydroxyl groups excluding tert-OH is 1. The lowest BCUT2D eigenvalue weighted by atomic mass is 9.87. The highest BCUT2D eigenvalue weighted by Gasteiger charge is 2.37. The number of hydrogen-bond acceptors (Lipinski definition) is 4. The van der Waals surface area contributed by atoms with Gasteiger partial charge in [-0.2, -0.15) is 0 Å². The topological polar surface area (TPSA) is 54.4 Å². The van der Waals surface area contributed by atoms with Crippen molar-refractivity contribution in [1.29, 1.82) is 0 Å². The van der Waals surface area contributed by atoms with Crippen LogP contribution in [-0.4, -0.2) is 36.5 Å². The van der Waals surface area contributed by atoms with Gasteiger partial charge in [-0.3, -0.25) is 0 Å². The number of fused-ring (bicyclic) bond motifs is 1. The van der Waals surface area contributed by atoms with E-state index in [0.717, 1.165) is 27.8 Å². The predicted molar refractivity (Wildman–Crippen MR) is 101 cm³/mol. The smallest absolute Gasteiger partial charge is 0.127 e. The number of aromatic nitrogens is 1. The SMILES string of the molecule is OCC1(CNc2cc(-c3ccccc3)c3cc(Cl)ccc3n2)COC1. The standard InChI is InChI=1S/C20H19ClN2O2/c21-15-6-7-18-17(8-15)16(14-4-2-1-3-5-14)9-19(23-18)22-10-20(11-24)12-25-13-20/h1-9,24H,10-13H2,(H,22,23). The molecule has 1 aliphatic heterocycles. The van der Waals surface area contributed by atoms with Gasteiger partial charge in [0.15, 0.2) is 0 Å². The molecule has 3 aromatic rings. The highest BCUT2D eigenvalue weighted by Crippen LogP contribution is 2.33. The third kappa shape index (κ3) is 3.21. The maximum atomic E-state index is 9.59. The van der Waals surface area contributed by atoms with Gasteiger partial charge in [-0.15, -0.1) is 0 Å². The van der Waals surface area contributed by atoms with Crippen LogP contribution < -0.4 is 5.32 Å². The molecular formula is C20H19ClN2O2. The highest BCUT2D eigenvalue weighted by atomic mass is 35.5. The van der Waals surface area contributed by atoms with Gasteiger partial charge < -0.3 is 15.2 Å². The third-order valence-corrected chi connectivity index (χ3v) is 4.89. The maximum absolute atomic E-state index is 9.59. The third-order valence-electron chi connectivity index (χ3n) is 4.65. The molecule has 0 amide bonds. The Morgan fingerprint density at radius 3 is 2.60 bits per heavy atom. The summed E-state index contributed by atoms with van der Waals surface area (Å²) in [7, 11) is 0. The quantitative estimate of drug-likeness (QED) is 0.727. The Morgan fingerprint density at radius 2 is 1.92 bits per heavy atom. The van der Waals surface area contributed by atoms with Crippen molar-refractivity contribution in [2.24, 2.45) is 5.41 Å². The molecule has 0 aliphatic carbocycles.